The van der Waals surface area contributed by atoms with Crippen molar-refractivity contribution in [2.24, 2.45) is 0 Å². The van der Waals surface area contributed by atoms with Crippen molar-refractivity contribution in [1.82, 2.24) is 40.0 Å². The summed E-state index contributed by atoms with van der Waals surface area (Å²) in [4.78, 5) is 157. The van der Waals surface area contributed by atoms with E-state index < -0.39 is 35.3 Å². The Morgan fingerprint density at radius 1 is 0.276 bits per heavy atom. The summed E-state index contributed by atoms with van der Waals surface area (Å²) >= 11 is 0. The first-order valence-electron chi connectivity index (χ1n) is 45.8. The number of hydrogen-bond donors (Lipinski definition) is 4. The maximum atomic E-state index is 13.5. The summed E-state index contributed by atoms with van der Waals surface area (Å²) in [6, 6.07) is 32.4. The number of ether oxygens (including phenoxy) is 16. The van der Waals surface area contributed by atoms with Gasteiger partial charge in [0.05, 0.1) is 223 Å². The highest BCUT2D eigenvalue weighted by Crippen LogP contribution is 2.46. The molecule has 2 aliphatic rings. The molecule has 0 bridgehead atoms. The summed E-state index contributed by atoms with van der Waals surface area (Å²) in [5.41, 5.74) is 7.95. The Kier molecular flexibility index (Phi) is 56.3. The maximum Gasteiger partial charge on any atom is 0.407 e. The molecular weight excluding hydrogens is 1750 g/mol. The summed E-state index contributed by atoms with van der Waals surface area (Å²) in [6.45, 7) is 18.5. The van der Waals surface area contributed by atoms with Crippen LogP contribution in [0.15, 0.2) is 97.1 Å². The number of alkyl carbamates (subject to hydrolysis) is 2. The number of nitrogens with zero attached hydrogens (tertiary/aromatic N) is 6. The summed E-state index contributed by atoms with van der Waals surface area (Å²) in [6.07, 6.45) is -0.445. The minimum Gasteiger partial charge on any atom is -0.481 e. The van der Waals surface area contributed by atoms with Crippen molar-refractivity contribution in [3.63, 3.8) is 0 Å². The van der Waals surface area contributed by atoms with Crippen molar-refractivity contribution < 1.29 is 144 Å². The molecule has 0 radical (unpaired) electrons. The van der Waals surface area contributed by atoms with Crippen LogP contribution >= 0.6 is 0 Å². The molecule has 0 spiro atoms. The van der Waals surface area contributed by atoms with E-state index in [2.05, 4.69) is 47.0 Å². The number of carboxylic acid groups (broad SMARTS) is 2. The highest BCUT2D eigenvalue weighted by atomic mass is 16.6. The number of carboxylic acids is 2. The van der Waals surface area contributed by atoms with Crippen LogP contribution in [0.25, 0.3) is 22.3 Å². The third-order valence-corrected chi connectivity index (χ3v) is 20.6. The van der Waals surface area contributed by atoms with Gasteiger partial charge in [-0.15, -0.1) is 0 Å². The van der Waals surface area contributed by atoms with Gasteiger partial charge in [-0.2, -0.15) is 0 Å². The lowest BCUT2D eigenvalue weighted by molar-refractivity contribution is -0.157. The molecule has 4 aromatic carbocycles. The molecule has 0 saturated heterocycles. The van der Waals surface area contributed by atoms with Gasteiger partial charge in [0.2, 0.25) is 35.4 Å². The van der Waals surface area contributed by atoms with E-state index in [1.165, 1.54) is 19.6 Å². The summed E-state index contributed by atoms with van der Waals surface area (Å²) in [5.74, 6) is -3.81. The van der Waals surface area contributed by atoms with Crippen LogP contribution in [0.3, 0.4) is 0 Å². The number of esters is 2. The average molecular weight is 1890 g/mol. The van der Waals surface area contributed by atoms with E-state index in [0.717, 1.165) is 44.5 Å². The lowest BCUT2D eigenvalue weighted by Gasteiger charge is -2.28. The molecule has 0 heterocycles. The van der Waals surface area contributed by atoms with E-state index in [9.17, 15) is 57.5 Å². The van der Waals surface area contributed by atoms with Crippen molar-refractivity contribution in [2.75, 3.05) is 265 Å². The maximum absolute atomic E-state index is 13.5. The zero-order chi connectivity index (χ0) is 97.7. The molecule has 38 heteroatoms. The molecular formula is C96H144N8O30. The van der Waals surface area contributed by atoms with Gasteiger partial charge in [0.25, 0.3) is 0 Å². The second-order valence-electron chi connectivity index (χ2n) is 33.3. The fraction of sp³-hybridized carbons (Fsp3) is 0.625. The van der Waals surface area contributed by atoms with E-state index in [1.807, 2.05) is 81.4 Å². The highest BCUT2D eigenvalue weighted by molar-refractivity contribution is 5.82. The number of nitrogens with one attached hydrogen (secondary N) is 2. The minimum atomic E-state index is -0.950. The van der Waals surface area contributed by atoms with Crippen LogP contribution in [0.1, 0.15) is 140 Å². The van der Waals surface area contributed by atoms with Crippen molar-refractivity contribution in [1.29, 1.82) is 0 Å². The molecule has 4 aromatic rings. The summed E-state index contributed by atoms with van der Waals surface area (Å²) < 4.78 is 87.2. The van der Waals surface area contributed by atoms with Crippen LogP contribution < -0.4 is 10.6 Å². The predicted octanol–water partition coefficient (Wildman–Crippen LogP) is 7.49. The molecule has 0 fully saturated rings. The van der Waals surface area contributed by atoms with Crippen LogP contribution in [0.4, 0.5) is 9.59 Å². The van der Waals surface area contributed by atoms with Gasteiger partial charge in [0, 0.05) is 105 Å². The number of likely N-dealkylation sites (N-methyl/N-ethyl adjacent to an activating group) is 4. The van der Waals surface area contributed by atoms with Gasteiger partial charge in [-0.25, -0.2) is 9.59 Å². The van der Waals surface area contributed by atoms with E-state index in [0.29, 0.717) is 26.4 Å². The molecule has 0 saturated carbocycles. The molecule has 8 amide bonds. The zero-order valence-corrected chi connectivity index (χ0v) is 79.9. The molecule has 134 heavy (non-hydrogen) atoms. The van der Waals surface area contributed by atoms with Gasteiger partial charge < -0.3 is 126 Å². The second kappa shape index (κ2) is 66.1. The molecule has 0 aromatic heterocycles. The fourth-order valence-electron chi connectivity index (χ4n) is 13.4. The Labute approximate surface area is 787 Å². The van der Waals surface area contributed by atoms with Crippen molar-refractivity contribution in [2.45, 2.75) is 129 Å². The Morgan fingerprint density at radius 3 is 0.724 bits per heavy atom. The number of hydrogen-bond acceptors (Lipinski definition) is 28. The fourth-order valence-corrected chi connectivity index (χ4v) is 13.4. The number of fused-ring (bicyclic) bond motifs is 6. The van der Waals surface area contributed by atoms with Crippen LogP contribution in [-0.2, 0) is 124 Å². The highest BCUT2D eigenvalue weighted by Gasteiger charge is 2.32. The molecule has 0 atom stereocenters. The van der Waals surface area contributed by atoms with E-state index in [-0.39, 0.29) is 334 Å². The smallest absolute Gasteiger partial charge is 0.407 e. The van der Waals surface area contributed by atoms with Crippen molar-refractivity contribution in [3.8, 4) is 22.3 Å². The Morgan fingerprint density at radius 2 is 0.485 bits per heavy atom. The zero-order valence-electron chi connectivity index (χ0n) is 79.9. The van der Waals surface area contributed by atoms with Gasteiger partial charge in [0.1, 0.15) is 24.4 Å². The van der Waals surface area contributed by atoms with Crippen LogP contribution in [0, 0.1) is 0 Å². The van der Waals surface area contributed by atoms with Crippen molar-refractivity contribution >= 4 is 71.5 Å². The first-order chi connectivity index (χ1) is 64.3. The van der Waals surface area contributed by atoms with Crippen LogP contribution in [0.5, 0.6) is 0 Å². The molecule has 0 unspecified atom stereocenters. The Bertz CT molecular complexity index is 4070. The first kappa shape index (κ1) is 114. The van der Waals surface area contributed by atoms with Gasteiger partial charge in [0.15, 0.2) is 0 Å². The molecule has 6 rings (SSSR count). The summed E-state index contributed by atoms with van der Waals surface area (Å²) in [7, 11) is 6.58. The SMILES string of the molecule is CN(CCN(CCN(C)C(=O)CCOCCOCCC(=O)O)C(=O)CCOCCNC(=O)OCC1c2ccccc2-c2ccccc21)C(=O)CCOCCOCCOCCC(=O)O.CN(CCN(CCN(C)C(=O)CCOCCOCCC(=O)OC(C)(C)C)C(=O)CCOCCNC(=O)OCC1c2ccccc2-c2ccccc21)C(=O)CCOCCOCCOCCC(=O)OC(C)(C)C. The van der Waals surface area contributed by atoms with E-state index in [4.69, 9.17) is 86.0 Å². The monoisotopic (exact) mass is 1890 g/mol. The van der Waals surface area contributed by atoms with Gasteiger partial charge in [-0.05, 0) is 86.1 Å². The molecule has 4 N–H and O–H groups in total. The molecule has 2 aliphatic carbocycles. The standard InChI is InChI=1S/C52H80N4O15.C44H64N4O15/c1-51(2,3)70-48(60)20-30-66-34-33-64-27-17-45(57)54(7)23-25-56(26-24-55(8)46(58)18-28-65-35-37-68-38-36-67-31-21-49(61)71-52(4,5)6)47(59)19-29-63-32-22-53-50(62)69-39-44-42-15-11-9-13-40(42)41-14-10-12-16-43(41)44;1-46(39(49)11-21-58-27-28-60-24-14-42(52)53)17-19-48(20-18-47(2)40(50)12-22-59-29-31-62-32-30-61-25-15-43(54)55)41(51)13-23-57-26-16-45-44(56)63-33-38-36-9-5-3-7-34(36)35-8-4-6-10-37(35)38/h9-16,44H,17-39H2,1-8H3,(H,53,62);3-10,38H,11-33H2,1-2H3,(H,45,56)(H,52,53)(H,54,55). The number of carbonyl (C=O) groups is 12. The van der Waals surface area contributed by atoms with Crippen molar-refractivity contribution in [3.05, 3.63) is 119 Å². The molecule has 748 valence electrons. The van der Waals surface area contributed by atoms with E-state index >= 15 is 0 Å². The predicted molar refractivity (Wildman–Crippen MR) is 493 cm³/mol. The third-order valence-electron chi connectivity index (χ3n) is 20.6. The van der Waals surface area contributed by atoms with E-state index in [1.54, 1.807) is 58.8 Å². The number of rotatable bonds is 70. The topological polar surface area (TPSA) is 436 Å². The largest absolute Gasteiger partial charge is 0.481 e. The Hall–Kier alpha value is -10.4. The van der Waals surface area contributed by atoms with Crippen LogP contribution in [0.2, 0.25) is 0 Å². The number of aliphatic carboxylic acids is 2. The van der Waals surface area contributed by atoms with Crippen LogP contribution in [-0.4, -0.2) is 388 Å². The Balaban J connectivity index is 0.000000477. The molecule has 0 aliphatic heterocycles. The lowest BCUT2D eigenvalue weighted by Crippen LogP contribution is -2.44. The number of amides is 8. The number of carbonyl (C=O) groups excluding carboxylic acids is 10. The normalized spacial score (nSPS) is 12.0. The summed E-state index contributed by atoms with van der Waals surface area (Å²) in [5, 5.41) is 22.7. The van der Waals surface area contributed by atoms with Gasteiger partial charge in [-0.3, -0.25) is 47.9 Å². The minimum absolute atomic E-state index is 0.0347. The van der Waals surface area contributed by atoms with Gasteiger partial charge >= 0.3 is 36.1 Å². The quantitative estimate of drug-likeness (QED) is 0.0189. The third kappa shape index (κ3) is 49.2. The first-order valence-corrected chi connectivity index (χ1v) is 45.8. The number of benzene rings is 4. The average Bonchev–Trinajstić information content (AvgIpc) is 1.62. The molecule has 38 nitrogen and oxygen atoms in total. The second-order valence-corrected chi connectivity index (χ2v) is 33.3. The van der Waals surface area contributed by atoms with Gasteiger partial charge in [-0.1, -0.05) is 97.1 Å². The lowest BCUT2D eigenvalue weighted by atomic mass is 9.98.